The van der Waals surface area contributed by atoms with E-state index in [9.17, 15) is 4.79 Å². The molecule has 12 heavy (non-hydrogen) atoms. The fraction of sp³-hybridized carbons (Fsp3) is 0.889. The summed E-state index contributed by atoms with van der Waals surface area (Å²) in [5.41, 5.74) is 0. The standard InChI is InChI=1S/C9H14ClNO/c10-7-5-6-3-1-2-4-8(6)11-9(7)12/h6-8H,1-5H2,(H,11,12)/t6-,7?,8+/m1/s1. The molecule has 2 fully saturated rings. The first-order valence-electron chi connectivity index (χ1n) is 4.72. The molecule has 68 valence electrons. The lowest BCUT2D eigenvalue weighted by Crippen LogP contribution is -2.51. The number of alkyl halides is 1. The molecule has 0 bridgehead atoms. The lowest BCUT2D eigenvalue weighted by Gasteiger charge is -2.37. The molecule has 0 aromatic rings. The van der Waals surface area contributed by atoms with Gasteiger partial charge in [-0.25, -0.2) is 0 Å². The third-order valence-electron chi connectivity index (χ3n) is 3.03. The molecule has 1 saturated heterocycles. The van der Waals surface area contributed by atoms with Crippen LogP contribution in [0.25, 0.3) is 0 Å². The maximum absolute atomic E-state index is 11.2. The number of rotatable bonds is 0. The summed E-state index contributed by atoms with van der Waals surface area (Å²) in [6, 6.07) is 0.432. The Morgan fingerprint density at radius 1 is 1.33 bits per heavy atom. The van der Waals surface area contributed by atoms with Crippen LogP contribution in [0.15, 0.2) is 0 Å². The van der Waals surface area contributed by atoms with Gasteiger partial charge in [0.1, 0.15) is 5.38 Å². The van der Waals surface area contributed by atoms with Crippen LogP contribution in [0, 0.1) is 5.92 Å². The number of nitrogens with one attached hydrogen (secondary N) is 1. The molecule has 3 heteroatoms. The van der Waals surface area contributed by atoms with Crippen molar-refractivity contribution in [3.05, 3.63) is 0 Å². The van der Waals surface area contributed by atoms with Gasteiger partial charge >= 0.3 is 0 Å². The Bertz CT molecular complexity index is 195. The minimum atomic E-state index is -0.274. The van der Waals surface area contributed by atoms with Crippen molar-refractivity contribution in [2.45, 2.75) is 43.5 Å². The minimum absolute atomic E-state index is 0.0415. The summed E-state index contributed by atoms with van der Waals surface area (Å²) in [6.07, 6.45) is 5.85. The fourth-order valence-electron chi connectivity index (χ4n) is 2.33. The van der Waals surface area contributed by atoms with Crippen LogP contribution in [0.4, 0.5) is 0 Å². The van der Waals surface area contributed by atoms with E-state index in [-0.39, 0.29) is 11.3 Å². The molecule has 1 N–H and O–H groups in total. The van der Waals surface area contributed by atoms with E-state index in [0.29, 0.717) is 12.0 Å². The average Bonchev–Trinajstić information content (AvgIpc) is 2.07. The predicted molar refractivity (Wildman–Crippen MR) is 48.1 cm³/mol. The lowest BCUT2D eigenvalue weighted by atomic mass is 9.79. The van der Waals surface area contributed by atoms with E-state index < -0.39 is 0 Å². The van der Waals surface area contributed by atoms with Gasteiger partial charge in [-0.2, -0.15) is 0 Å². The molecule has 0 aromatic carbocycles. The van der Waals surface area contributed by atoms with Crippen LogP contribution in [0.3, 0.4) is 0 Å². The van der Waals surface area contributed by atoms with E-state index in [1.807, 2.05) is 0 Å². The Labute approximate surface area is 77.7 Å². The molecule has 1 amide bonds. The quantitative estimate of drug-likeness (QED) is 0.575. The van der Waals surface area contributed by atoms with Crippen molar-refractivity contribution < 1.29 is 4.79 Å². The third kappa shape index (κ3) is 1.45. The highest BCUT2D eigenvalue weighted by Crippen LogP contribution is 2.32. The molecule has 0 radical (unpaired) electrons. The summed E-state index contributed by atoms with van der Waals surface area (Å²) in [6.45, 7) is 0. The van der Waals surface area contributed by atoms with Gasteiger partial charge in [0.15, 0.2) is 0 Å². The number of hydrogen-bond donors (Lipinski definition) is 1. The van der Waals surface area contributed by atoms with Crippen molar-refractivity contribution in [2.75, 3.05) is 0 Å². The van der Waals surface area contributed by atoms with Crippen molar-refractivity contribution in [1.82, 2.24) is 5.32 Å². The molecule has 1 saturated carbocycles. The molecule has 2 rings (SSSR count). The van der Waals surface area contributed by atoms with Crippen molar-refractivity contribution >= 4 is 17.5 Å². The highest BCUT2D eigenvalue weighted by Gasteiger charge is 2.35. The van der Waals surface area contributed by atoms with Gasteiger partial charge in [-0.1, -0.05) is 12.8 Å². The third-order valence-corrected chi connectivity index (χ3v) is 3.41. The van der Waals surface area contributed by atoms with Crippen LogP contribution >= 0.6 is 11.6 Å². The van der Waals surface area contributed by atoms with Crippen LogP contribution in [0.2, 0.25) is 0 Å². The second-order valence-electron chi connectivity index (χ2n) is 3.86. The molecule has 3 atom stereocenters. The summed E-state index contributed by atoms with van der Waals surface area (Å²) in [7, 11) is 0. The molecule has 0 spiro atoms. The first-order chi connectivity index (χ1) is 5.77. The molecule has 1 heterocycles. The SMILES string of the molecule is O=C1N[C@H]2CCCC[C@@H]2CC1Cl. The van der Waals surface area contributed by atoms with Crippen molar-refractivity contribution in [3.8, 4) is 0 Å². The van der Waals surface area contributed by atoms with Crippen molar-refractivity contribution in [2.24, 2.45) is 5.92 Å². The number of carbonyl (C=O) groups excluding carboxylic acids is 1. The van der Waals surface area contributed by atoms with E-state index in [1.54, 1.807) is 0 Å². The van der Waals surface area contributed by atoms with E-state index in [4.69, 9.17) is 11.6 Å². The zero-order valence-electron chi connectivity index (χ0n) is 7.05. The zero-order chi connectivity index (χ0) is 8.55. The summed E-state index contributed by atoms with van der Waals surface area (Å²) in [4.78, 5) is 11.2. The number of piperidine rings is 1. The Balaban J connectivity index is 2.02. The summed E-state index contributed by atoms with van der Waals surface area (Å²) in [5.74, 6) is 0.693. The van der Waals surface area contributed by atoms with Gasteiger partial charge in [0, 0.05) is 6.04 Å². The second-order valence-corrected chi connectivity index (χ2v) is 4.39. The zero-order valence-corrected chi connectivity index (χ0v) is 7.81. The van der Waals surface area contributed by atoms with Crippen molar-refractivity contribution in [3.63, 3.8) is 0 Å². The Morgan fingerprint density at radius 2 is 2.08 bits per heavy atom. The smallest absolute Gasteiger partial charge is 0.238 e. The normalized spacial score (nSPS) is 41.8. The van der Waals surface area contributed by atoms with Crippen LogP contribution in [0.1, 0.15) is 32.1 Å². The summed E-state index contributed by atoms with van der Waals surface area (Å²) in [5, 5.41) is 2.72. The average molecular weight is 188 g/mol. The molecule has 2 aliphatic rings. The van der Waals surface area contributed by atoms with Gasteiger partial charge in [0.2, 0.25) is 5.91 Å². The van der Waals surface area contributed by atoms with E-state index in [2.05, 4.69) is 5.32 Å². The van der Waals surface area contributed by atoms with E-state index >= 15 is 0 Å². The van der Waals surface area contributed by atoms with Crippen LogP contribution in [-0.2, 0) is 4.79 Å². The van der Waals surface area contributed by atoms with Crippen LogP contribution in [0.5, 0.6) is 0 Å². The molecule has 1 unspecified atom stereocenters. The second kappa shape index (κ2) is 3.25. The van der Waals surface area contributed by atoms with Gasteiger partial charge in [0.05, 0.1) is 0 Å². The molecular weight excluding hydrogens is 174 g/mol. The Hall–Kier alpha value is -0.240. The number of fused-ring (bicyclic) bond motifs is 1. The highest BCUT2D eigenvalue weighted by atomic mass is 35.5. The summed E-state index contributed by atoms with van der Waals surface area (Å²) >= 11 is 5.87. The minimum Gasteiger partial charge on any atom is -0.352 e. The van der Waals surface area contributed by atoms with Gasteiger partial charge in [-0.3, -0.25) is 4.79 Å². The van der Waals surface area contributed by atoms with Gasteiger partial charge in [0.25, 0.3) is 0 Å². The topological polar surface area (TPSA) is 29.1 Å². The number of amides is 1. The first-order valence-corrected chi connectivity index (χ1v) is 5.15. The van der Waals surface area contributed by atoms with E-state index in [0.717, 1.165) is 12.8 Å². The summed E-state index contributed by atoms with van der Waals surface area (Å²) < 4.78 is 0. The molecule has 1 aliphatic carbocycles. The number of hydrogen-bond acceptors (Lipinski definition) is 1. The highest BCUT2D eigenvalue weighted by molar-refractivity contribution is 6.30. The maximum Gasteiger partial charge on any atom is 0.238 e. The van der Waals surface area contributed by atoms with Gasteiger partial charge in [-0.15, -0.1) is 11.6 Å². The van der Waals surface area contributed by atoms with E-state index in [1.165, 1.54) is 19.3 Å². The molecule has 0 aromatic heterocycles. The van der Waals surface area contributed by atoms with Crippen LogP contribution < -0.4 is 5.32 Å². The molecular formula is C9H14ClNO. The molecule has 1 aliphatic heterocycles. The van der Waals surface area contributed by atoms with Gasteiger partial charge in [-0.05, 0) is 25.2 Å². The maximum atomic E-state index is 11.2. The van der Waals surface area contributed by atoms with Crippen molar-refractivity contribution in [1.29, 1.82) is 0 Å². The predicted octanol–water partition coefficient (Wildman–Crippen LogP) is 1.67. The number of halogens is 1. The monoisotopic (exact) mass is 187 g/mol. The van der Waals surface area contributed by atoms with Crippen LogP contribution in [-0.4, -0.2) is 17.3 Å². The largest absolute Gasteiger partial charge is 0.352 e. The van der Waals surface area contributed by atoms with Gasteiger partial charge < -0.3 is 5.32 Å². The first kappa shape index (κ1) is 8.36. The lowest BCUT2D eigenvalue weighted by molar-refractivity contribution is -0.124. The Kier molecular flexibility index (Phi) is 2.26. The Morgan fingerprint density at radius 3 is 2.92 bits per heavy atom. The molecule has 2 nitrogen and oxygen atoms in total. The number of carbonyl (C=O) groups is 1. The fourth-order valence-corrected chi connectivity index (χ4v) is 2.62.